The standard InChI is InChI=1S/C38H76/c1-2-3-4-5-6-7-8-9-10-11-14-17-20-23-26-29-32-35-38-36-33-30-27-24-21-18-15-12-13-16-19-22-25-28-31-34-37-38/h38H,2-37H2,1H3. The third-order valence-electron chi connectivity index (χ3n) is 9.69. The molecule has 1 aliphatic carbocycles. The maximum absolute atomic E-state index is 2.31. The van der Waals surface area contributed by atoms with Crippen molar-refractivity contribution in [3.8, 4) is 0 Å². The maximum atomic E-state index is 2.31. The van der Waals surface area contributed by atoms with Crippen molar-refractivity contribution < 1.29 is 0 Å². The predicted octanol–water partition coefficient (Wildman–Crippen LogP) is 14.7. The van der Waals surface area contributed by atoms with Crippen LogP contribution in [0.3, 0.4) is 0 Å². The van der Waals surface area contributed by atoms with Crippen LogP contribution in [0.5, 0.6) is 0 Å². The second-order valence-electron chi connectivity index (χ2n) is 13.5. The minimum absolute atomic E-state index is 1.05. The Bertz CT molecular complexity index is 392. The number of hydrogen-bond donors (Lipinski definition) is 0. The summed E-state index contributed by atoms with van der Waals surface area (Å²) in [5.74, 6) is 1.05. The van der Waals surface area contributed by atoms with Gasteiger partial charge in [-0.3, -0.25) is 0 Å². The summed E-state index contributed by atoms with van der Waals surface area (Å²) in [5, 5.41) is 0. The van der Waals surface area contributed by atoms with Gasteiger partial charge in [0.25, 0.3) is 0 Å². The Balaban J connectivity index is 1.98. The van der Waals surface area contributed by atoms with Gasteiger partial charge in [-0.1, -0.05) is 238 Å². The van der Waals surface area contributed by atoms with Gasteiger partial charge in [0, 0.05) is 0 Å². The average molecular weight is 533 g/mol. The van der Waals surface area contributed by atoms with Crippen molar-refractivity contribution >= 4 is 0 Å². The summed E-state index contributed by atoms with van der Waals surface area (Å²) in [4.78, 5) is 0. The Morgan fingerprint density at radius 3 is 0.816 bits per heavy atom. The molecule has 0 aliphatic heterocycles. The van der Waals surface area contributed by atoms with Gasteiger partial charge >= 0.3 is 0 Å². The molecular weight excluding hydrogens is 456 g/mol. The first-order chi connectivity index (χ1) is 18.9. The summed E-state index contributed by atoms with van der Waals surface area (Å²) < 4.78 is 0. The van der Waals surface area contributed by atoms with E-state index in [1.54, 1.807) is 19.3 Å². The molecule has 38 heavy (non-hydrogen) atoms. The average Bonchev–Trinajstić information content (AvgIpc) is 2.93. The van der Waals surface area contributed by atoms with Gasteiger partial charge in [-0.2, -0.15) is 0 Å². The van der Waals surface area contributed by atoms with Gasteiger partial charge in [-0.15, -0.1) is 0 Å². The predicted molar refractivity (Wildman–Crippen MR) is 175 cm³/mol. The normalized spacial score (nSPS) is 18.6. The second-order valence-corrected chi connectivity index (χ2v) is 13.5. The van der Waals surface area contributed by atoms with Crippen molar-refractivity contribution in [2.45, 2.75) is 238 Å². The first-order valence-corrected chi connectivity index (χ1v) is 18.9. The number of unbranched alkanes of at least 4 members (excludes halogenated alkanes) is 16. The molecule has 0 spiro atoms. The van der Waals surface area contributed by atoms with Crippen molar-refractivity contribution in [2.24, 2.45) is 5.92 Å². The van der Waals surface area contributed by atoms with E-state index in [1.807, 2.05) is 0 Å². The lowest BCUT2D eigenvalue weighted by Crippen LogP contribution is -2.01. The summed E-state index contributed by atoms with van der Waals surface area (Å²) >= 11 is 0. The molecule has 0 heteroatoms. The van der Waals surface area contributed by atoms with E-state index < -0.39 is 0 Å². The Hall–Kier alpha value is 0. The van der Waals surface area contributed by atoms with Crippen LogP contribution in [-0.4, -0.2) is 0 Å². The summed E-state index contributed by atoms with van der Waals surface area (Å²) in [6.07, 6.45) is 54.0. The van der Waals surface area contributed by atoms with E-state index in [9.17, 15) is 0 Å². The molecule has 0 atom stereocenters. The van der Waals surface area contributed by atoms with E-state index in [0.717, 1.165) is 5.92 Å². The molecule has 0 saturated heterocycles. The van der Waals surface area contributed by atoms with Crippen LogP contribution in [0, 0.1) is 5.92 Å². The van der Waals surface area contributed by atoms with Crippen LogP contribution in [0.2, 0.25) is 0 Å². The topological polar surface area (TPSA) is 0 Å². The van der Waals surface area contributed by atoms with E-state index in [0.29, 0.717) is 0 Å². The number of rotatable bonds is 18. The molecule has 0 N–H and O–H groups in total. The Kier molecular flexibility index (Phi) is 29.9. The first-order valence-electron chi connectivity index (χ1n) is 18.9. The van der Waals surface area contributed by atoms with Crippen LogP contribution in [0.1, 0.15) is 238 Å². The molecule has 1 fully saturated rings. The van der Waals surface area contributed by atoms with Crippen LogP contribution in [0.4, 0.5) is 0 Å². The Labute approximate surface area is 243 Å². The molecule has 1 rings (SSSR count). The van der Waals surface area contributed by atoms with Crippen LogP contribution in [-0.2, 0) is 0 Å². The monoisotopic (exact) mass is 533 g/mol. The van der Waals surface area contributed by atoms with Gasteiger partial charge in [-0.25, -0.2) is 0 Å². The molecule has 228 valence electrons. The minimum atomic E-state index is 1.05. The highest BCUT2D eigenvalue weighted by atomic mass is 14.1. The van der Waals surface area contributed by atoms with E-state index in [-0.39, 0.29) is 0 Å². The highest BCUT2D eigenvalue weighted by Crippen LogP contribution is 2.25. The van der Waals surface area contributed by atoms with Gasteiger partial charge in [0.2, 0.25) is 0 Å². The smallest absolute Gasteiger partial charge is 0.0414 e. The van der Waals surface area contributed by atoms with E-state index in [2.05, 4.69) is 6.92 Å². The molecule has 0 unspecified atom stereocenters. The third-order valence-corrected chi connectivity index (χ3v) is 9.69. The lowest BCUT2D eigenvalue weighted by Gasteiger charge is -2.17. The van der Waals surface area contributed by atoms with Gasteiger partial charge in [0.15, 0.2) is 0 Å². The van der Waals surface area contributed by atoms with Crippen molar-refractivity contribution in [3.05, 3.63) is 0 Å². The molecule has 0 bridgehead atoms. The van der Waals surface area contributed by atoms with E-state index >= 15 is 0 Å². The molecule has 1 aliphatic rings. The zero-order valence-electron chi connectivity index (χ0n) is 27.0. The summed E-state index contributed by atoms with van der Waals surface area (Å²) in [6.45, 7) is 2.31. The third kappa shape index (κ3) is 27.6. The van der Waals surface area contributed by atoms with Crippen LogP contribution in [0.15, 0.2) is 0 Å². The van der Waals surface area contributed by atoms with Crippen LogP contribution in [0.25, 0.3) is 0 Å². The van der Waals surface area contributed by atoms with Crippen molar-refractivity contribution in [2.75, 3.05) is 0 Å². The van der Waals surface area contributed by atoms with Gasteiger partial charge in [0.1, 0.15) is 0 Å². The summed E-state index contributed by atoms with van der Waals surface area (Å²) in [7, 11) is 0. The summed E-state index contributed by atoms with van der Waals surface area (Å²) in [6, 6.07) is 0. The lowest BCUT2D eigenvalue weighted by atomic mass is 9.89. The zero-order valence-corrected chi connectivity index (χ0v) is 27.0. The zero-order chi connectivity index (χ0) is 27.0. The fraction of sp³-hybridized carbons (Fsp3) is 1.00. The molecule has 0 amide bonds. The Morgan fingerprint density at radius 2 is 0.526 bits per heavy atom. The molecule has 0 heterocycles. The molecule has 0 aromatic rings. The van der Waals surface area contributed by atoms with E-state index in [4.69, 9.17) is 0 Å². The second kappa shape index (κ2) is 31.5. The molecule has 0 aromatic heterocycles. The lowest BCUT2D eigenvalue weighted by molar-refractivity contribution is 0.365. The first kappa shape index (κ1) is 36.0. The highest BCUT2D eigenvalue weighted by molar-refractivity contribution is 4.63. The van der Waals surface area contributed by atoms with E-state index in [1.165, 1.54) is 212 Å². The van der Waals surface area contributed by atoms with Crippen molar-refractivity contribution in [3.63, 3.8) is 0 Å². The van der Waals surface area contributed by atoms with Crippen molar-refractivity contribution in [1.82, 2.24) is 0 Å². The van der Waals surface area contributed by atoms with Crippen LogP contribution >= 0.6 is 0 Å². The van der Waals surface area contributed by atoms with Crippen molar-refractivity contribution in [1.29, 1.82) is 0 Å². The SMILES string of the molecule is CCCCCCCCCCCCCCCCCCCC1CCCCCCCCCCCCCCCCCC1. The molecular formula is C38H76. The van der Waals surface area contributed by atoms with Gasteiger partial charge in [-0.05, 0) is 5.92 Å². The molecule has 0 aromatic carbocycles. The molecule has 1 saturated carbocycles. The maximum Gasteiger partial charge on any atom is -0.0414 e. The highest BCUT2D eigenvalue weighted by Gasteiger charge is 2.09. The number of hydrogen-bond acceptors (Lipinski definition) is 0. The van der Waals surface area contributed by atoms with Crippen LogP contribution < -0.4 is 0 Å². The minimum Gasteiger partial charge on any atom is -0.0654 e. The fourth-order valence-corrected chi connectivity index (χ4v) is 6.93. The molecule has 0 radical (unpaired) electrons. The quantitative estimate of drug-likeness (QED) is 0.154. The largest absolute Gasteiger partial charge is 0.0654 e. The summed E-state index contributed by atoms with van der Waals surface area (Å²) in [5.41, 5.74) is 0. The fourth-order valence-electron chi connectivity index (χ4n) is 6.93. The Morgan fingerprint density at radius 1 is 0.289 bits per heavy atom. The molecule has 0 nitrogen and oxygen atoms in total. The van der Waals surface area contributed by atoms with Gasteiger partial charge in [0.05, 0.1) is 0 Å². The van der Waals surface area contributed by atoms with Gasteiger partial charge < -0.3 is 0 Å².